The van der Waals surface area contributed by atoms with Gasteiger partial charge < -0.3 is 33.8 Å². The van der Waals surface area contributed by atoms with Gasteiger partial charge in [-0.25, -0.2) is 9.13 Å². The van der Waals surface area contributed by atoms with Crippen molar-refractivity contribution in [2.45, 2.75) is 363 Å². The largest absolute Gasteiger partial charge is 0.472 e. The van der Waals surface area contributed by atoms with E-state index in [4.69, 9.17) is 37.0 Å². The van der Waals surface area contributed by atoms with Gasteiger partial charge in [0.25, 0.3) is 0 Å². The Labute approximate surface area is 543 Å². The number of esters is 4. The molecule has 19 heteroatoms. The number of phosphoric acid groups is 2. The van der Waals surface area contributed by atoms with Gasteiger partial charge in [0, 0.05) is 25.7 Å². The molecule has 0 aliphatic heterocycles. The van der Waals surface area contributed by atoms with Gasteiger partial charge in [0.05, 0.1) is 26.4 Å². The number of rotatable bonds is 67. The van der Waals surface area contributed by atoms with Gasteiger partial charge in [0.15, 0.2) is 12.2 Å². The zero-order valence-electron chi connectivity index (χ0n) is 58.1. The number of phosphoric ester groups is 2. The summed E-state index contributed by atoms with van der Waals surface area (Å²) in [5.41, 5.74) is 0. The molecular formula is C70H136O17P2. The molecule has 5 atom stereocenters. The average Bonchev–Trinajstić information content (AvgIpc) is 3.64. The fraction of sp³-hybridized carbons (Fsp3) is 0.943. The summed E-state index contributed by atoms with van der Waals surface area (Å²) in [5, 5.41) is 10.6. The number of hydrogen-bond acceptors (Lipinski definition) is 15. The Morgan fingerprint density at radius 1 is 0.281 bits per heavy atom. The summed E-state index contributed by atoms with van der Waals surface area (Å²) in [6.45, 7) is 14.0. The molecule has 2 unspecified atom stereocenters. The van der Waals surface area contributed by atoms with Crippen LogP contribution in [-0.2, 0) is 65.4 Å². The SMILES string of the molecule is CC(C)CCCCCCCCCCCCCCCCCC(=O)O[C@H](COC(=O)CCCCCCCCCCCC(C)C)COP(=O)(O)OC[C@@H](O)COP(=O)(O)OC[C@@H](COC(=O)CCCCCCCCC(C)C)OC(=O)CCCCCCCCCC(C)C. The average molecular weight is 1310 g/mol. The molecule has 0 aromatic carbocycles. The Hall–Kier alpha value is -1.94. The molecule has 0 aliphatic carbocycles. The molecule has 0 amide bonds. The third-order valence-corrected chi connectivity index (χ3v) is 18.0. The first-order valence-electron chi connectivity index (χ1n) is 36.2. The lowest BCUT2D eigenvalue weighted by Gasteiger charge is -2.21. The molecule has 0 rings (SSSR count). The minimum absolute atomic E-state index is 0.102. The number of hydrogen-bond donors (Lipinski definition) is 3. The van der Waals surface area contributed by atoms with Crippen LogP contribution in [0.1, 0.15) is 344 Å². The van der Waals surface area contributed by atoms with E-state index < -0.39 is 97.5 Å². The highest BCUT2D eigenvalue weighted by Gasteiger charge is 2.30. The summed E-state index contributed by atoms with van der Waals surface area (Å²) in [5.74, 6) is 0.788. The second kappa shape index (κ2) is 59.8. The minimum atomic E-state index is -4.95. The standard InChI is InChI=1S/C70H136O17P2/c1-60(2)46-38-30-22-17-14-12-10-9-11-13-15-19-26-36-44-52-69(74)86-65(56-80-67(72)50-42-34-25-20-16-18-23-31-39-47-61(3)4)58-84-88(76,77)82-54-64(71)55-83-89(78,79)85-59-66(57-81-68(73)51-43-35-29-28-33-41-49-63(7)8)87-70(75)53-45-37-27-21-24-32-40-48-62(5)6/h60-66,71H,9-59H2,1-8H3,(H,76,77)(H,78,79)/t64-,65-,66-/m1/s1. The van der Waals surface area contributed by atoms with Gasteiger partial charge in [0.2, 0.25) is 0 Å². The predicted molar refractivity (Wildman–Crippen MR) is 358 cm³/mol. The Kier molecular flexibility index (Phi) is 58.5. The molecule has 0 aromatic rings. The van der Waals surface area contributed by atoms with E-state index in [9.17, 15) is 43.2 Å². The molecule has 0 heterocycles. The van der Waals surface area contributed by atoms with Crippen molar-refractivity contribution < 1.29 is 80.2 Å². The van der Waals surface area contributed by atoms with Crippen LogP contribution in [-0.4, -0.2) is 96.7 Å². The fourth-order valence-corrected chi connectivity index (χ4v) is 12.1. The third kappa shape index (κ3) is 64.6. The van der Waals surface area contributed by atoms with E-state index in [2.05, 4.69) is 55.4 Å². The van der Waals surface area contributed by atoms with Crippen LogP contribution in [0.25, 0.3) is 0 Å². The van der Waals surface area contributed by atoms with E-state index in [1.54, 1.807) is 0 Å². The van der Waals surface area contributed by atoms with Crippen molar-refractivity contribution in [1.82, 2.24) is 0 Å². The van der Waals surface area contributed by atoms with Gasteiger partial charge in [-0.2, -0.15) is 0 Å². The van der Waals surface area contributed by atoms with E-state index in [0.717, 1.165) is 108 Å². The molecule has 0 saturated carbocycles. The highest BCUT2D eigenvalue weighted by Crippen LogP contribution is 2.45. The van der Waals surface area contributed by atoms with E-state index in [1.165, 1.54) is 141 Å². The lowest BCUT2D eigenvalue weighted by molar-refractivity contribution is -0.161. The highest BCUT2D eigenvalue weighted by atomic mass is 31.2. The van der Waals surface area contributed by atoms with Gasteiger partial charge in [0.1, 0.15) is 19.3 Å². The van der Waals surface area contributed by atoms with Crippen molar-refractivity contribution in [3.63, 3.8) is 0 Å². The number of aliphatic hydroxyl groups excluding tert-OH is 1. The lowest BCUT2D eigenvalue weighted by atomic mass is 10.0. The maximum Gasteiger partial charge on any atom is 0.472 e. The van der Waals surface area contributed by atoms with Crippen molar-refractivity contribution >= 4 is 39.5 Å². The molecule has 528 valence electrons. The summed E-state index contributed by atoms with van der Waals surface area (Å²) in [6.07, 6.45) is 42.0. The topological polar surface area (TPSA) is 237 Å². The summed E-state index contributed by atoms with van der Waals surface area (Å²) in [6, 6.07) is 0. The third-order valence-electron chi connectivity index (χ3n) is 16.1. The number of unbranched alkanes of at least 4 members (excludes halogenated alkanes) is 33. The normalized spacial score (nSPS) is 14.3. The van der Waals surface area contributed by atoms with Gasteiger partial charge >= 0.3 is 39.5 Å². The Bertz CT molecular complexity index is 1760. The Morgan fingerprint density at radius 2 is 0.472 bits per heavy atom. The molecule has 89 heavy (non-hydrogen) atoms. The van der Waals surface area contributed by atoms with Crippen LogP contribution in [0.4, 0.5) is 0 Å². The molecular weight excluding hydrogens is 1170 g/mol. The highest BCUT2D eigenvalue weighted by molar-refractivity contribution is 7.47. The zero-order valence-corrected chi connectivity index (χ0v) is 59.8. The van der Waals surface area contributed by atoms with Crippen LogP contribution in [0.15, 0.2) is 0 Å². The zero-order chi connectivity index (χ0) is 66.1. The lowest BCUT2D eigenvalue weighted by Crippen LogP contribution is -2.30. The van der Waals surface area contributed by atoms with Gasteiger partial charge in [-0.15, -0.1) is 0 Å². The van der Waals surface area contributed by atoms with Crippen LogP contribution in [0.5, 0.6) is 0 Å². The van der Waals surface area contributed by atoms with Crippen LogP contribution in [0.2, 0.25) is 0 Å². The van der Waals surface area contributed by atoms with E-state index >= 15 is 0 Å². The van der Waals surface area contributed by atoms with Crippen LogP contribution >= 0.6 is 15.6 Å². The van der Waals surface area contributed by atoms with Crippen molar-refractivity contribution in [2.24, 2.45) is 23.7 Å². The van der Waals surface area contributed by atoms with E-state index in [0.29, 0.717) is 37.5 Å². The molecule has 0 fully saturated rings. The monoisotopic (exact) mass is 1310 g/mol. The first-order chi connectivity index (χ1) is 42.6. The summed E-state index contributed by atoms with van der Waals surface area (Å²) in [4.78, 5) is 72.4. The molecule has 0 spiro atoms. The predicted octanol–water partition coefficient (Wildman–Crippen LogP) is 19.7. The van der Waals surface area contributed by atoms with E-state index in [-0.39, 0.29) is 25.7 Å². The van der Waals surface area contributed by atoms with Crippen LogP contribution < -0.4 is 0 Å². The fourth-order valence-electron chi connectivity index (χ4n) is 10.5. The Balaban J connectivity index is 5.22. The minimum Gasteiger partial charge on any atom is -0.462 e. The molecule has 17 nitrogen and oxygen atoms in total. The quantitative estimate of drug-likeness (QED) is 0.0222. The maximum absolute atomic E-state index is 13.0. The molecule has 0 aliphatic rings. The van der Waals surface area contributed by atoms with E-state index in [1.807, 2.05) is 0 Å². The van der Waals surface area contributed by atoms with Gasteiger partial charge in [-0.1, -0.05) is 293 Å². The molecule has 0 bridgehead atoms. The van der Waals surface area contributed by atoms with Crippen molar-refractivity contribution in [3.8, 4) is 0 Å². The molecule has 3 N–H and O–H groups in total. The van der Waals surface area contributed by atoms with Crippen molar-refractivity contribution in [1.29, 1.82) is 0 Å². The number of carbonyl (C=O) groups is 4. The molecule has 0 aromatic heterocycles. The van der Waals surface area contributed by atoms with Crippen LogP contribution in [0.3, 0.4) is 0 Å². The van der Waals surface area contributed by atoms with Crippen molar-refractivity contribution in [2.75, 3.05) is 39.6 Å². The maximum atomic E-state index is 13.0. The number of aliphatic hydroxyl groups is 1. The first kappa shape index (κ1) is 87.1. The number of carbonyl (C=O) groups excluding carboxylic acids is 4. The van der Waals surface area contributed by atoms with Crippen LogP contribution in [0, 0.1) is 23.7 Å². The van der Waals surface area contributed by atoms with Gasteiger partial charge in [-0.05, 0) is 49.4 Å². The first-order valence-corrected chi connectivity index (χ1v) is 39.2. The second-order valence-electron chi connectivity index (χ2n) is 27.2. The molecule has 0 saturated heterocycles. The Morgan fingerprint density at radius 3 is 0.697 bits per heavy atom. The van der Waals surface area contributed by atoms with Gasteiger partial charge in [-0.3, -0.25) is 37.3 Å². The second-order valence-corrected chi connectivity index (χ2v) is 30.1. The smallest absolute Gasteiger partial charge is 0.462 e. The molecule has 0 radical (unpaired) electrons. The summed E-state index contributed by atoms with van der Waals surface area (Å²) >= 11 is 0. The number of ether oxygens (including phenoxy) is 4. The summed E-state index contributed by atoms with van der Waals surface area (Å²) < 4.78 is 68.2. The van der Waals surface area contributed by atoms with Crippen molar-refractivity contribution in [3.05, 3.63) is 0 Å². The summed E-state index contributed by atoms with van der Waals surface area (Å²) in [7, 11) is -9.90.